The molecule has 0 aromatic carbocycles. The minimum Gasteiger partial charge on any atom is -0.384 e. The van der Waals surface area contributed by atoms with E-state index in [0.29, 0.717) is 30.9 Å². The van der Waals surface area contributed by atoms with E-state index < -0.39 is 5.41 Å². The summed E-state index contributed by atoms with van der Waals surface area (Å²) >= 11 is 0. The second-order valence-corrected chi connectivity index (χ2v) is 5.63. The van der Waals surface area contributed by atoms with E-state index in [9.17, 15) is 9.59 Å². The fraction of sp³-hybridized carbons (Fsp3) is 0.500. The van der Waals surface area contributed by atoms with Crippen LogP contribution in [0.1, 0.15) is 33.6 Å². The lowest BCUT2D eigenvalue weighted by molar-refractivity contribution is -0.128. The number of anilines is 2. The van der Waals surface area contributed by atoms with Crippen LogP contribution in [0.25, 0.3) is 0 Å². The molecule has 0 saturated heterocycles. The average Bonchev–Trinajstić information content (AvgIpc) is 2.36. The van der Waals surface area contributed by atoms with Crippen molar-refractivity contribution in [3.05, 3.63) is 18.3 Å². The number of nitrogens with two attached hydrogens (primary N) is 1. The number of nitrogen functional groups attached to an aromatic ring is 1. The number of pyridine rings is 1. The van der Waals surface area contributed by atoms with Crippen LogP contribution in [0.4, 0.5) is 11.5 Å². The van der Waals surface area contributed by atoms with E-state index in [1.54, 1.807) is 12.1 Å². The largest absolute Gasteiger partial charge is 0.384 e. The fourth-order valence-corrected chi connectivity index (χ4v) is 1.42. The van der Waals surface area contributed by atoms with Crippen molar-refractivity contribution >= 4 is 23.3 Å². The van der Waals surface area contributed by atoms with Crippen LogP contribution in [0, 0.1) is 5.41 Å². The van der Waals surface area contributed by atoms with Crippen molar-refractivity contribution in [2.24, 2.45) is 5.41 Å². The Morgan fingerprint density at radius 1 is 1.30 bits per heavy atom. The second-order valence-electron chi connectivity index (χ2n) is 5.63. The van der Waals surface area contributed by atoms with Gasteiger partial charge in [0.1, 0.15) is 5.82 Å². The van der Waals surface area contributed by atoms with Crippen molar-refractivity contribution < 1.29 is 9.59 Å². The van der Waals surface area contributed by atoms with Gasteiger partial charge >= 0.3 is 0 Å². The quantitative estimate of drug-likeness (QED) is 0.712. The first-order valence-corrected chi connectivity index (χ1v) is 6.59. The van der Waals surface area contributed by atoms with Crippen LogP contribution >= 0.6 is 0 Å². The number of hydrogen-bond acceptors (Lipinski definition) is 4. The molecule has 0 spiro atoms. The zero-order valence-corrected chi connectivity index (χ0v) is 12.2. The Bertz CT molecular complexity index is 463. The molecule has 0 unspecified atom stereocenters. The Balaban J connectivity index is 2.24. The second kappa shape index (κ2) is 6.88. The molecular weight excluding hydrogens is 256 g/mol. The summed E-state index contributed by atoms with van der Waals surface area (Å²) < 4.78 is 0. The van der Waals surface area contributed by atoms with E-state index in [2.05, 4.69) is 15.6 Å². The van der Waals surface area contributed by atoms with Crippen molar-refractivity contribution in [2.75, 3.05) is 17.6 Å². The number of rotatable bonds is 5. The molecule has 0 aliphatic heterocycles. The predicted octanol–water partition coefficient (Wildman–Crippen LogP) is 1.54. The molecule has 1 aromatic heterocycles. The van der Waals surface area contributed by atoms with Crippen LogP contribution in [-0.2, 0) is 9.59 Å². The van der Waals surface area contributed by atoms with Gasteiger partial charge in [-0.25, -0.2) is 4.98 Å². The minimum atomic E-state index is -0.405. The Morgan fingerprint density at radius 3 is 2.55 bits per heavy atom. The van der Waals surface area contributed by atoms with Crippen LogP contribution < -0.4 is 16.4 Å². The predicted molar refractivity (Wildman–Crippen MR) is 79.0 cm³/mol. The van der Waals surface area contributed by atoms with Gasteiger partial charge in [-0.15, -0.1) is 0 Å². The molecule has 6 nitrogen and oxygen atoms in total. The van der Waals surface area contributed by atoms with E-state index in [-0.39, 0.29) is 11.8 Å². The van der Waals surface area contributed by atoms with Crippen molar-refractivity contribution in [1.82, 2.24) is 10.3 Å². The SMILES string of the molecule is CC(C)(C)C(=O)NCCCC(=O)Nc1ccc(N)nc1. The fourth-order valence-electron chi connectivity index (χ4n) is 1.42. The molecule has 1 rings (SSSR count). The number of hydrogen-bond donors (Lipinski definition) is 3. The summed E-state index contributed by atoms with van der Waals surface area (Å²) in [5.41, 5.74) is 5.66. The van der Waals surface area contributed by atoms with Gasteiger partial charge in [-0.2, -0.15) is 0 Å². The van der Waals surface area contributed by atoms with Gasteiger partial charge < -0.3 is 16.4 Å². The molecule has 0 radical (unpaired) electrons. The number of carbonyl (C=O) groups is 2. The van der Waals surface area contributed by atoms with Gasteiger partial charge in [-0.05, 0) is 18.6 Å². The molecule has 2 amide bonds. The third kappa shape index (κ3) is 5.69. The highest BCUT2D eigenvalue weighted by atomic mass is 16.2. The highest BCUT2D eigenvalue weighted by molar-refractivity contribution is 5.90. The summed E-state index contributed by atoms with van der Waals surface area (Å²) in [7, 11) is 0. The first kappa shape index (κ1) is 15.9. The van der Waals surface area contributed by atoms with E-state index in [0.717, 1.165) is 0 Å². The topological polar surface area (TPSA) is 97.1 Å². The number of aromatic nitrogens is 1. The van der Waals surface area contributed by atoms with Crippen LogP contribution in [0.5, 0.6) is 0 Å². The number of nitrogens with one attached hydrogen (secondary N) is 2. The van der Waals surface area contributed by atoms with Crippen molar-refractivity contribution in [3.63, 3.8) is 0 Å². The van der Waals surface area contributed by atoms with Crippen LogP contribution in [0.3, 0.4) is 0 Å². The molecule has 110 valence electrons. The highest BCUT2D eigenvalue weighted by Crippen LogP contribution is 2.12. The first-order valence-electron chi connectivity index (χ1n) is 6.59. The molecule has 4 N–H and O–H groups in total. The highest BCUT2D eigenvalue weighted by Gasteiger charge is 2.20. The normalized spacial score (nSPS) is 10.9. The molecule has 6 heteroatoms. The van der Waals surface area contributed by atoms with E-state index >= 15 is 0 Å². The molecule has 0 atom stereocenters. The maximum Gasteiger partial charge on any atom is 0.225 e. The Labute approximate surface area is 119 Å². The minimum absolute atomic E-state index is 0.0133. The monoisotopic (exact) mass is 278 g/mol. The smallest absolute Gasteiger partial charge is 0.225 e. The number of nitrogens with zero attached hydrogens (tertiary/aromatic N) is 1. The maximum atomic E-state index is 11.7. The summed E-state index contributed by atoms with van der Waals surface area (Å²) in [6.07, 6.45) is 2.44. The zero-order valence-electron chi connectivity index (χ0n) is 12.2. The van der Waals surface area contributed by atoms with E-state index in [1.165, 1.54) is 6.20 Å². The number of amides is 2. The lowest BCUT2D eigenvalue weighted by Crippen LogP contribution is -2.35. The third-order valence-electron chi connectivity index (χ3n) is 2.62. The molecule has 1 heterocycles. The Morgan fingerprint density at radius 2 is 2.00 bits per heavy atom. The van der Waals surface area contributed by atoms with E-state index in [1.807, 2.05) is 20.8 Å². The van der Waals surface area contributed by atoms with Crippen molar-refractivity contribution in [2.45, 2.75) is 33.6 Å². The lowest BCUT2D eigenvalue weighted by atomic mass is 9.96. The summed E-state index contributed by atoms with van der Waals surface area (Å²) in [6, 6.07) is 3.32. The van der Waals surface area contributed by atoms with Crippen LogP contribution in [-0.4, -0.2) is 23.3 Å². The Kier molecular flexibility index (Phi) is 5.49. The maximum absolute atomic E-state index is 11.7. The molecule has 20 heavy (non-hydrogen) atoms. The lowest BCUT2D eigenvalue weighted by Gasteiger charge is -2.17. The molecule has 0 fully saturated rings. The summed E-state index contributed by atoms with van der Waals surface area (Å²) in [4.78, 5) is 27.1. The van der Waals surface area contributed by atoms with Crippen LogP contribution in [0.2, 0.25) is 0 Å². The molecule has 1 aromatic rings. The average molecular weight is 278 g/mol. The summed E-state index contributed by atoms with van der Waals surface area (Å²) in [6.45, 7) is 6.04. The van der Waals surface area contributed by atoms with Gasteiger partial charge in [-0.3, -0.25) is 9.59 Å². The van der Waals surface area contributed by atoms with Crippen molar-refractivity contribution in [3.8, 4) is 0 Å². The standard InChI is InChI=1S/C14H22N4O2/c1-14(2,3)13(20)16-8-4-5-12(19)18-10-6-7-11(15)17-9-10/h6-7,9H,4-5,8H2,1-3H3,(H2,15,17)(H,16,20)(H,18,19). The van der Waals surface area contributed by atoms with Crippen molar-refractivity contribution in [1.29, 1.82) is 0 Å². The molecule has 0 aliphatic rings. The molecular formula is C14H22N4O2. The van der Waals surface area contributed by atoms with Gasteiger partial charge in [0.2, 0.25) is 11.8 Å². The van der Waals surface area contributed by atoms with Gasteiger partial charge in [0.05, 0.1) is 11.9 Å². The third-order valence-corrected chi connectivity index (χ3v) is 2.62. The first-order chi connectivity index (χ1) is 9.29. The summed E-state index contributed by atoms with van der Waals surface area (Å²) in [5, 5.41) is 5.52. The van der Waals surface area contributed by atoms with Gasteiger partial charge in [-0.1, -0.05) is 20.8 Å². The van der Waals surface area contributed by atoms with Gasteiger partial charge in [0, 0.05) is 18.4 Å². The summed E-state index contributed by atoms with van der Waals surface area (Å²) in [5.74, 6) is 0.287. The van der Waals surface area contributed by atoms with Crippen LogP contribution in [0.15, 0.2) is 18.3 Å². The van der Waals surface area contributed by atoms with Gasteiger partial charge in [0.15, 0.2) is 0 Å². The molecule has 0 aliphatic carbocycles. The Hall–Kier alpha value is -2.11. The van der Waals surface area contributed by atoms with E-state index in [4.69, 9.17) is 5.73 Å². The molecule has 0 saturated carbocycles. The zero-order chi connectivity index (χ0) is 15.2. The molecule has 0 bridgehead atoms. The number of carbonyl (C=O) groups excluding carboxylic acids is 2. The van der Waals surface area contributed by atoms with Gasteiger partial charge in [0.25, 0.3) is 0 Å².